The molecule has 6 nitrogen and oxygen atoms in total. The van der Waals surface area contributed by atoms with E-state index in [0.29, 0.717) is 18.8 Å². The molecule has 1 amide bonds. The van der Waals surface area contributed by atoms with Crippen LogP contribution in [0, 0.1) is 26.6 Å². The van der Waals surface area contributed by atoms with Crippen molar-refractivity contribution in [3.63, 3.8) is 0 Å². The lowest BCUT2D eigenvalue weighted by molar-refractivity contribution is -0.131. The lowest BCUT2D eigenvalue weighted by Gasteiger charge is -2.24. The third kappa shape index (κ3) is 3.10. The Morgan fingerprint density at radius 3 is 2.71 bits per heavy atom. The van der Waals surface area contributed by atoms with Crippen molar-refractivity contribution in [2.45, 2.75) is 46.1 Å². The van der Waals surface area contributed by atoms with E-state index in [0.717, 1.165) is 22.0 Å². The Hall–Kier alpha value is -2.09. The zero-order chi connectivity index (χ0) is 17.4. The topological polar surface area (TPSA) is 79.0 Å². The lowest BCUT2D eigenvalue weighted by atomic mass is 10.2. The number of carbonyl (C=O) groups is 1. The molecule has 1 aliphatic heterocycles. The van der Waals surface area contributed by atoms with Crippen molar-refractivity contribution in [2.75, 3.05) is 6.54 Å². The monoisotopic (exact) mass is 350 g/mol. The van der Waals surface area contributed by atoms with Crippen LogP contribution < -0.4 is 5.56 Å². The Bertz CT molecular complexity index is 845. The standard InChI is InChI=1S/C16H19FN4O2S/c1-8-12(24-10(3)18-8)7-13(22)21-6-4-5-11(21)15-19-9(2)14(17)16(23)20-15/h11H,4-7H2,1-3H3,(H,19,20,23)/t11-/m1/s1. The van der Waals surface area contributed by atoms with Gasteiger partial charge in [0.1, 0.15) is 5.82 Å². The largest absolute Gasteiger partial charge is 0.332 e. The number of aryl methyl sites for hydroxylation is 3. The molecule has 128 valence electrons. The Balaban J connectivity index is 1.84. The fourth-order valence-electron chi connectivity index (χ4n) is 3.08. The fraction of sp³-hybridized carbons (Fsp3) is 0.500. The molecule has 1 aliphatic rings. The summed E-state index contributed by atoms with van der Waals surface area (Å²) in [5.74, 6) is -0.527. The van der Waals surface area contributed by atoms with E-state index in [9.17, 15) is 14.0 Å². The van der Waals surface area contributed by atoms with E-state index in [4.69, 9.17) is 0 Å². The molecular weight excluding hydrogens is 331 g/mol. The minimum absolute atomic E-state index is 0.0196. The van der Waals surface area contributed by atoms with E-state index in [1.54, 1.807) is 4.90 Å². The number of thiazole rings is 1. The molecule has 0 saturated carbocycles. The number of carbonyl (C=O) groups excluding carboxylic acids is 1. The van der Waals surface area contributed by atoms with Gasteiger partial charge in [-0.05, 0) is 33.6 Å². The van der Waals surface area contributed by atoms with Gasteiger partial charge in [-0.3, -0.25) is 9.59 Å². The highest BCUT2D eigenvalue weighted by atomic mass is 32.1. The number of likely N-dealkylation sites (tertiary alicyclic amines) is 1. The van der Waals surface area contributed by atoms with E-state index >= 15 is 0 Å². The van der Waals surface area contributed by atoms with E-state index in [1.165, 1.54) is 18.3 Å². The van der Waals surface area contributed by atoms with Crippen molar-refractivity contribution in [3.8, 4) is 0 Å². The zero-order valence-corrected chi connectivity index (χ0v) is 14.7. The maximum Gasteiger partial charge on any atom is 0.287 e. The normalized spacial score (nSPS) is 17.5. The lowest BCUT2D eigenvalue weighted by Crippen LogP contribution is -2.34. The van der Waals surface area contributed by atoms with Gasteiger partial charge in [-0.1, -0.05) is 0 Å². The SMILES string of the molecule is Cc1nc(C)c(CC(=O)N2CCC[C@@H]2c2nc(C)c(F)c(=O)[nH]2)s1. The Morgan fingerprint density at radius 1 is 1.33 bits per heavy atom. The maximum atomic E-state index is 13.5. The van der Waals surface area contributed by atoms with Crippen LogP contribution in [0.4, 0.5) is 4.39 Å². The fourth-order valence-corrected chi connectivity index (χ4v) is 4.01. The van der Waals surface area contributed by atoms with Gasteiger partial charge in [0.2, 0.25) is 11.7 Å². The molecule has 2 aromatic rings. The molecule has 8 heteroatoms. The van der Waals surface area contributed by atoms with E-state index < -0.39 is 11.4 Å². The van der Waals surface area contributed by atoms with E-state index in [1.807, 2.05) is 13.8 Å². The summed E-state index contributed by atoms with van der Waals surface area (Å²) in [5.41, 5.74) is 0.151. The summed E-state index contributed by atoms with van der Waals surface area (Å²) in [6, 6.07) is -0.307. The minimum Gasteiger partial charge on any atom is -0.332 e. The molecule has 1 N–H and O–H groups in total. The van der Waals surface area contributed by atoms with Crippen molar-refractivity contribution in [3.05, 3.63) is 43.3 Å². The number of nitrogens with one attached hydrogen (secondary N) is 1. The van der Waals surface area contributed by atoms with Crippen LogP contribution in [0.2, 0.25) is 0 Å². The maximum absolute atomic E-state index is 13.5. The molecule has 0 aromatic carbocycles. The van der Waals surface area contributed by atoms with Crippen LogP contribution in [0.25, 0.3) is 0 Å². The Kier molecular flexibility index (Phi) is 4.49. The smallest absolute Gasteiger partial charge is 0.287 e. The summed E-state index contributed by atoms with van der Waals surface area (Å²) in [5, 5.41) is 0.938. The second kappa shape index (κ2) is 6.43. The average molecular weight is 350 g/mol. The van der Waals surface area contributed by atoms with Gasteiger partial charge in [-0.15, -0.1) is 11.3 Å². The summed E-state index contributed by atoms with van der Waals surface area (Å²) in [7, 11) is 0. The number of amides is 1. The summed E-state index contributed by atoms with van der Waals surface area (Å²) < 4.78 is 13.5. The van der Waals surface area contributed by atoms with Gasteiger partial charge in [0.15, 0.2) is 0 Å². The predicted molar refractivity (Wildman–Crippen MR) is 88.5 cm³/mol. The number of hydrogen-bond donors (Lipinski definition) is 1. The molecule has 1 atom stereocenters. The summed E-state index contributed by atoms with van der Waals surface area (Å²) in [6.45, 7) is 5.88. The predicted octanol–water partition coefficient (Wildman–Crippen LogP) is 2.20. The van der Waals surface area contributed by atoms with Gasteiger partial charge < -0.3 is 9.88 Å². The number of H-pyrrole nitrogens is 1. The third-order valence-electron chi connectivity index (χ3n) is 4.25. The highest BCUT2D eigenvalue weighted by Gasteiger charge is 2.32. The molecule has 0 unspecified atom stereocenters. The molecule has 2 aromatic heterocycles. The number of rotatable bonds is 3. The molecule has 1 saturated heterocycles. The van der Waals surface area contributed by atoms with Gasteiger partial charge in [-0.2, -0.15) is 4.39 Å². The van der Waals surface area contributed by atoms with Crippen molar-refractivity contribution < 1.29 is 9.18 Å². The Morgan fingerprint density at radius 2 is 2.08 bits per heavy atom. The molecule has 24 heavy (non-hydrogen) atoms. The molecule has 3 heterocycles. The molecular formula is C16H19FN4O2S. The quantitative estimate of drug-likeness (QED) is 0.920. The van der Waals surface area contributed by atoms with Crippen molar-refractivity contribution in [1.82, 2.24) is 19.9 Å². The van der Waals surface area contributed by atoms with Crippen LogP contribution in [-0.2, 0) is 11.2 Å². The van der Waals surface area contributed by atoms with Crippen LogP contribution in [0.15, 0.2) is 4.79 Å². The van der Waals surface area contributed by atoms with E-state index in [2.05, 4.69) is 15.0 Å². The molecule has 0 spiro atoms. The number of hydrogen-bond acceptors (Lipinski definition) is 5. The first-order chi connectivity index (χ1) is 11.4. The second-order valence-electron chi connectivity index (χ2n) is 6.01. The van der Waals surface area contributed by atoms with Crippen molar-refractivity contribution in [1.29, 1.82) is 0 Å². The zero-order valence-electron chi connectivity index (χ0n) is 13.9. The van der Waals surface area contributed by atoms with Gasteiger partial charge >= 0.3 is 0 Å². The number of nitrogens with zero attached hydrogens (tertiary/aromatic N) is 3. The molecule has 0 aliphatic carbocycles. The van der Waals surface area contributed by atoms with Gasteiger partial charge in [0.05, 0.1) is 28.9 Å². The number of aromatic amines is 1. The molecule has 0 radical (unpaired) electrons. The molecule has 0 bridgehead atoms. The van der Waals surface area contributed by atoms with Gasteiger partial charge in [0, 0.05) is 11.4 Å². The highest BCUT2D eigenvalue weighted by Crippen LogP contribution is 2.31. The Labute approximate surface area is 142 Å². The summed E-state index contributed by atoms with van der Waals surface area (Å²) in [4.78, 5) is 38.0. The number of halogens is 1. The summed E-state index contributed by atoms with van der Waals surface area (Å²) >= 11 is 1.52. The minimum atomic E-state index is -0.870. The van der Waals surface area contributed by atoms with Crippen molar-refractivity contribution in [2.24, 2.45) is 0 Å². The van der Waals surface area contributed by atoms with E-state index in [-0.39, 0.29) is 24.1 Å². The second-order valence-corrected chi connectivity index (χ2v) is 7.30. The van der Waals surface area contributed by atoms with Gasteiger partial charge in [0.25, 0.3) is 5.56 Å². The van der Waals surface area contributed by atoms with Crippen LogP contribution in [-0.4, -0.2) is 32.3 Å². The first-order valence-corrected chi connectivity index (χ1v) is 8.67. The molecule has 1 fully saturated rings. The van der Waals surface area contributed by atoms with Crippen LogP contribution in [0.3, 0.4) is 0 Å². The van der Waals surface area contributed by atoms with Crippen LogP contribution in [0.5, 0.6) is 0 Å². The van der Waals surface area contributed by atoms with Crippen LogP contribution >= 0.6 is 11.3 Å². The van der Waals surface area contributed by atoms with Crippen molar-refractivity contribution >= 4 is 17.2 Å². The van der Waals surface area contributed by atoms with Crippen LogP contribution in [0.1, 0.15) is 46.0 Å². The average Bonchev–Trinajstić information content (AvgIpc) is 3.11. The molecule has 3 rings (SSSR count). The highest BCUT2D eigenvalue weighted by molar-refractivity contribution is 7.11. The number of aromatic nitrogens is 3. The summed E-state index contributed by atoms with van der Waals surface area (Å²) in [6.07, 6.45) is 1.83. The first-order valence-electron chi connectivity index (χ1n) is 7.85. The first kappa shape index (κ1) is 16.8. The third-order valence-corrected chi connectivity index (χ3v) is 5.32. The van der Waals surface area contributed by atoms with Gasteiger partial charge in [-0.25, -0.2) is 9.97 Å².